The summed E-state index contributed by atoms with van der Waals surface area (Å²) >= 11 is 6.91. The maximum Gasteiger partial charge on any atom is 0.359 e. The van der Waals surface area contributed by atoms with E-state index in [9.17, 15) is 9.59 Å². The highest BCUT2D eigenvalue weighted by atomic mass is 35.5. The van der Waals surface area contributed by atoms with Crippen LogP contribution < -0.4 is 0 Å². The summed E-state index contributed by atoms with van der Waals surface area (Å²) in [5.74, 6) is -0.918. The van der Waals surface area contributed by atoms with Crippen LogP contribution in [0, 0.1) is 0 Å². The molecule has 21 heavy (non-hydrogen) atoms. The lowest BCUT2D eigenvalue weighted by molar-refractivity contribution is 0.0470. The standard InChI is InChI=1S/C14H9ClN2O3S/c15-12-5-4-11(21-12)10(18)8-20-14(19)9-7-17-6-2-1-3-13(17)16-9/h1-7H,8H2. The van der Waals surface area contributed by atoms with Gasteiger partial charge in [0.25, 0.3) is 0 Å². The van der Waals surface area contributed by atoms with Crippen LogP contribution in [-0.2, 0) is 4.74 Å². The molecule has 0 N–H and O–H groups in total. The van der Waals surface area contributed by atoms with Gasteiger partial charge >= 0.3 is 5.97 Å². The highest BCUT2D eigenvalue weighted by Crippen LogP contribution is 2.21. The van der Waals surface area contributed by atoms with Crippen molar-refractivity contribution in [3.8, 4) is 0 Å². The molecule has 0 spiro atoms. The third-order valence-electron chi connectivity index (χ3n) is 2.76. The third-order valence-corrected chi connectivity index (χ3v) is 4.03. The first-order valence-electron chi connectivity index (χ1n) is 6.03. The Balaban J connectivity index is 1.67. The molecule has 3 heterocycles. The average Bonchev–Trinajstić information content (AvgIpc) is 3.10. The molecule has 106 valence electrons. The van der Waals surface area contributed by atoms with Gasteiger partial charge in [-0.25, -0.2) is 9.78 Å². The molecular formula is C14H9ClN2O3S. The van der Waals surface area contributed by atoms with Gasteiger partial charge in [0, 0.05) is 12.4 Å². The Bertz CT molecular complexity index is 791. The molecule has 0 amide bonds. The van der Waals surface area contributed by atoms with Crippen LogP contribution in [0.5, 0.6) is 0 Å². The number of Topliss-reactive ketones (excluding diaryl/α,β-unsaturated/α-hetero) is 1. The minimum atomic E-state index is -0.630. The molecular weight excluding hydrogens is 312 g/mol. The van der Waals surface area contributed by atoms with E-state index in [4.69, 9.17) is 16.3 Å². The summed E-state index contributed by atoms with van der Waals surface area (Å²) in [6, 6.07) is 8.66. The number of ether oxygens (including phenoxy) is 1. The largest absolute Gasteiger partial charge is 0.452 e. The number of esters is 1. The molecule has 0 saturated heterocycles. The minimum Gasteiger partial charge on any atom is -0.452 e. The Morgan fingerprint density at radius 3 is 2.86 bits per heavy atom. The number of pyridine rings is 1. The van der Waals surface area contributed by atoms with E-state index >= 15 is 0 Å². The summed E-state index contributed by atoms with van der Waals surface area (Å²) in [7, 11) is 0. The minimum absolute atomic E-state index is 0.165. The van der Waals surface area contributed by atoms with E-state index in [-0.39, 0.29) is 18.1 Å². The molecule has 0 atom stereocenters. The zero-order chi connectivity index (χ0) is 14.8. The van der Waals surface area contributed by atoms with E-state index in [1.807, 2.05) is 12.1 Å². The average molecular weight is 321 g/mol. The molecule has 3 aromatic heterocycles. The van der Waals surface area contributed by atoms with E-state index in [0.29, 0.717) is 14.9 Å². The van der Waals surface area contributed by atoms with Crippen molar-refractivity contribution in [2.24, 2.45) is 0 Å². The molecule has 0 aliphatic carbocycles. The number of ketones is 1. The molecule has 0 bridgehead atoms. The molecule has 5 nitrogen and oxygen atoms in total. The molecule has 7 heteroatoms. The second-order valence-corrected chi connectivity index (χ2v) is 5.91. The molecule has 3 rings (SSSR count). The van der Waals surface area contributed by atoms with Gasteiger partial charge in [-0.1, -0.05) is 17.7 Å². The number of carbonyl (C=O) groups is 2. The van der Waals surface area contributed by atoms with Crippen molar-refractivity contribution in [1.29, 1.82) is 0 Å². The predicted octanol–water partition coefficient (Wildman–Crippen LogP) is 3.09. The van der Waals surface area contributed by atoms with Crippen molar-refractivity contribution in [2.45, 2.75) is 0 Å². The van der Waals surface area contributed by atoms with Crippen molar-refractivity contribution in [2.75, 3.05) is 6.61 Å². The number of hydrogen-bond acceptors (Lipinski definition) is 5. The summed E-state index contributed by atoms with van der Waals surface area (Å²) in [6.07, 6.45) is 3.34. The van der Waals surface area contributed by atoms with Crippen LogP contribution in [0.25, 0.3) is 5.65 Å². The number of rotatable bonds is 4. The van der Waals surface area contributed by atoms with Gasteiger partial charge in [-0.05, 0) is 24.3 Å². The first-order chi connectivity index (χ1) is 10.1. The number of fused-ring (bicyclic) bond motifs is 1. The lowest BCUT2D eigenvalue weighted by atomic mass is 10.3. The van der Waals surface area contributed by atoms with Crippen LogP contribution in [-0.4, -0.2) is 27.7 Å². The summed E-state index contributed by atoms with van der Waals surface area (Å²) in [6.45, 7) is -0.330. The predicted molar refractivity (Wildman–Crippen MR) is 79.1 cm³/mol. The fourth-order valence-electron chi connectivity index (χ4n) is 1.77. The van der Waals surface area contributed by atoms with E-state index in [1.165, 1.54) is 0 Å². The molecule has 0 aliphatic heterocycles. The van der Waals surface area contributed by atoms with E-state index in [1.54, 1.807) is 35.0 Å². The Morgan fingerprint density at radius 2 is 2.14 bits per heavy atom. The number of hydrogen-bond donors (Lipinski definition) is 0. The van der Waals surface area contributed by atoms with E-state index in [2.05, 4.69) is 4.98 Å². The Kier molecular flexibility index (Phi) is 3.72. The monoisotopic (exact) mass is 320 g/mol. The van der Waals surface area contributed by atoms with E-state index in [0.717, 1.165) is 11.3 Å². The normalized spacial score (nSPS) is 10.7. The van der Waals surface area contributed by atoms with Gasteiger partial charge in [0.05, 0.1) is 9.21 Å². The van der Waals surface area contributed by atoms with Crippen molar-refractivity contribution < 1.29 is 14.3 Å². The molecule has 0 aromatic carbocycles. The number of carbonyl (C=O) groups excluding carboxylic acids is 2. The SMILES string of the molecule is O=C(OCC(=O)c1ccc(Cl)s1)c1cn2ccccc2n1. The number of aromatic nitrogens is 2. The first-order valence-corrected chi connectivity index (χ1v) is 7.22. The van der Waals surface area contributed by atoms with Gasteiger partial charge in [-0.15, -0.1) is 11.3 Å². The molecule has 0 fully saturated rings. The summed E-state index contributed by atoms with van der Waals surface area (Å²) < 4.78 is 7.21. The van der Waals surface area contributed by atoms with Crippen LogP contribution in [0.4, 0.5) is 0 Å². The van der Waals surface area contributed by atoms with Crippen LogP contribution in [0.15, 0.2) is 42.7 Å². The maximum absolute atomic E-state index is 11.9. The molecule has 0 radical (unpaired) electrons. The van der Waals surface area contributed by atoms with Crippen molar-refractivity contribution >= 4 is 40.3 Å². The number of halogens is 1. The van der Waals surface area contributed by atoms with Crippen molar-refractivity contribution in [3.63, 3.8) is 0 Å². The number of nitrogens with zero attached hydrogens (tertiary/aromatic N) is 2. The van der Waals surface area contributed by atoms with Gasteiger partial charge in [-0.3, -0.25) is 4.79 Å². The van der Waals surface area contributed by atoms with Crippen LogP contribution in [0.1, 0.15) is 20.2 Å². The third kappa shape index (κ3) is 2.96. The summed E-state index contributed by atoms with van der Waals surface area (Å²) in [5, 5.41) is 0. The zero-order valence-corrected chi connectivity index (χ0v) is 12.2. The van der Waals surface area contributed by atoms with Gasteiger partial charge in [0.15, 0.2) is 12.3 Å². The number of thiophene rings is 1. The second kappa shape index (κ2) is 5.67. The Labute approximate surface area is 128 Å². The molecule has 0 aliphatic rings. The zero-order valence-electron chi connectivity index (χ0n) is 10.7. The number of imidazole rings is 1. The van der Waals surface area contributed by atoms with Gasteiger partial charge in [-0.2, -0.15) is 0 Å². The Hall–Kier alpha value is -2.18. The fourth-order valence-corrected chi connectivity index (χ4v) is 2.74. The second-order valence-electron chi connectivity index (χ2n) is 4.20. The highest BCUT2D eigenvalue weighted by molar-refractivity contribution is 7.18. The maximum atomic E-state index is 11.9. The van der Waals surface area contributed by atoms with Crippen LogP contribution >= 0.6 is 22.9 Å². The van der Waals surface area contributed by atoms with Gasteiger partial charge in [0.1, 0.15) is 5.65 Å². The molecule has 0 saturated carbocycles. The van der Waals surface area contributed by atoms with Crippen LogP contribution in [0.2, 0.25) is 4.34 Å². The lowest BCUT2D eigenvalue weighted by Gasteiger charge is -2.00. The summed E-state index contributed by atoms with van der Waals surface area (Å²) in [4.78, 5) is 28.3. The molecule has 3 aromatic rings. The molecule has 0 unspecified atom stereocenters. The fraction of sp³-hybridized carbons (Fsp3) is 0.0714. The topological polar surface area (TPSA) is 60.7 Å². The van der Waals surface area contributed by atoms with Crippen LogP contribution in [0.3, 0.4) is 0 Å². The highest BCUT2D eigenvalue weighted by Gasteiger charge is 2.15. The van der Waals surface area contributed by atoms with Gasteiger partial charge < -0.3 is 9.14 Å². The first kappa shape index (κ1) is 13.8. The lowest BCUT2D eigenvalue weighted by Crippen LogP contribution is -2.13. The van der Waals surface area contributed by atoms with Crippen molar-refractivity contribution in [1.82, 2.24) is 9.38 Å². The Morgan fingerprint density at radius 1 is 1.29 bits per heavy atom. The summed E-state index contributed by atoms with van der Waals surface area (Å²) in [5.41, 5.74) is 0.805. The van der Waals surface area contributed by atoms with Crippen molar-refractivity contribution in [3.05, 3.63) is 57.6 Å². The quantitative estimate of drug-likeness (QED) is 0.547. The van der Waals surface area contributed by atoms with E-state index < -0.39 is 5.97 Å². The van der Waals surface area contributed by atoms with Gasteiger partial charge in [0.2, 0.25) is 5.78 Å². The smallest absolute Gasteiger partial charge is 0.359 e.